The molecule has 1 aliphatic heterocycles. The zero-order chi connectivity index (χ0) is 15.8. The van der Waals surface area contributed by atoms with E-state index in [0.717, 1.165) is 17.9 Å². The molecule has 2 aromatic carbocycles. The minimum Gasteiger partial charge on any atom is -0.348 e. The van der Waals surface area contributed by atoms with Crippen LogP contribution in [0, 0.1) is 12.7 Å². The average Bonchev–Trinajstić information content (AvgIpc) is 3.03. The Morgan fingerprint density at radius 1 is 1.13 bits per heavy atom. The van der Waals surface area contributed by atoms with E-state index in [-0.39, 0.29) is 17.9 Å². The van der Waals surface area contributed by atoms with Crippen molar-refractivity contribution in [3.8, 4) is 0 Å². The van der Waals surface area contributed by atoms with Gasteiger partial charge in [-0.3, -0.25) is 0 Å². The lowest BCUT2D eigenvalue weighted by Crippen LogP contribution is -2.28. The molecule has 0 aliphatic carbocycles. The van der Waals surface area contributed by atoms with Crippen LogP contribution in [0.5, 0.6) is 0 Å². The van der Waals surface area contributed by atoms with E-state index < -0.39 is 0 Å². The first kappa shape index (κ1) is 13.9. The van der Waals surface area contributed by atoms with Gasteiger partial charge in [-0.15, -0.1) is 0 Å². The lowest BCUT2D eigenvalue weighted by atomic mass is 9.93. The number of halogens is 1. The molecule has 5 heteroatoms. The molecule has 2 heterocycles. The Balaban J connectivity index is 1.73. The second-order valence-corrected chi connectivity index (χ2v) is 5.94. The second-order valence-electron chi connectivity index (χ2n) is 5.94. The summed E-state index contributed by atoms with van der Waals surface area (Å²) in [6, 6.07) is 15.3. The lowest BCUT2D eigenvalue weighted by Gasteiger charge is -2.31. The van der Waals surface area contributed by atoms with Crippen LogP contribution in [0.25, 0.3) is 0 Å². The highest BCUT2D eigenvalue weighted by molar-refractivity contribution is 5.38. The molecule has 23 heavy (non-hydrogen) atoms. The van der Waals surface area contributed by atoms with Crippen molar-refractivity contribution in [2.24, 2.45) is 0 Å². The number of anilines is 1. The number of hydrogen-bond acceptors (Lipinski definition) is 3. The second kappa shape index (κ2) is 5.50. The van der Waals surface area contributed by atoms with Gasteiger partial charge in [0.15, 0.2) is 0 Å². The third-order valence-corrected chi connectivity index (χ3v) is 4.34. The summed E-state index contributed by atoms with van der Waals surface area (Å²) in [7, 11) is 0. The van der Waals surface area contributed by atoms with Gasteiger partial charge < -0.3 is 5.32 Å². The van der Waals surface area contributed by atoms with E-state index >= 15 is 0 Å². The van der Waals surface area contributed by atoms with Crippen LogP contribution >= 0.6 is 0 Å². The van der Waals surface area contributed by atoms with Gasteiger partial charge in [-0.1, -0.05) is 42.0 Å². The van der Waals surface area contributed by atoms with Crippen LogP contribution in [0.3, 0.4) is 0 Å². The smallest absolute Gasteiger partial charge is 0.222 e. The fourth-order valence-electron chi connectivity index (χ4n) is 3.13. The molecule has 2 atom stereocenters. The van der Waals surface area contributed by atoms with Crippen molar-refractivity contribution in [1.82, 2.24) is 14.8 Å². The first-order valence-electron chi connectivity index (χ1n) is 7.69. The largest absolute Gasteiger partial charge is 0.348 e. The fourth-order valence-corrected chi connectivity index (χ4v) is 3.13. The summed E-state index contributed by atoms with van der Waals surface area (Å²) in [4.78, 5) is 4.30. The van der Waals surface area contributed by atoms with E-state index in [0.29, 0.717) is 0 Å². The predicted molar refractivity (Wildman–Crippen MR) is 86.7 cm³/mol. The molecule has 0 unspecified atom stereocenters. The number of nitrogens with one attached hydrogen (secondary N) is 1. The van der Waals surface area contributed by atoms with E-state index in [2.05, 4.69) is 46.6 Å². The van der Waals surface area contributed by atoms with Gasteiger partial charge in [0, 0.05) is 0 Å². The standard InChI is InChI=1S/C18H17FN4/c1-12-5-7-13(8-6-12)16-10-17(14-3-2-4-15(19)9-14)23-18(22-16)20-11-21-23/h2-9,11,16-17H,10H2,1H3,(H,20,21,22)/t16-,17-/m1/s1. The predicted octanol–water partition coefficient (Wildman–Crippen LogP) is 3.87. The van der Waals surface area contributed by atoms with Gasteiger partial charge in [0.2, 0.25) is 5.95 Å². The zero-order valence-corrected chi connectivity index (χ0v) is 12.8. The highest BCUT2D eigenvalue weighted by atomic mass is 19.1. The molecule has 0 saturated carbocycles. The van der Waals surface area contributed by atoms with E-state index in [1.807, 2.05) is 10.7 Å². The first-order chi connectivity index (χ1) is 11.2. The van der Waals surface area contributed by atoms with Gasteiger partial charge in [0.1, 0.15) is 12.1 Å². The molecule has 0 amide bonds. The minimum absolute atomic E-state index is 0.0317. The summed E-state index contributed by atoms with van der Waals surface area (Å²) < 4.78 is 15.5. The van der Waals surface area contributed by atoms with Crippen molar-refractivity contribution in [1.29, 1.82) is 0 Å². The van der Waals surface area contributed by atoms with E-state index in [1.54, 1.807) is 12.1 Å². The Kier molecular flexibility index (Phi) is 3.33. The molecule has 1 N–H and O–H groups in total. The number of hydrogen-bond donors (Lipinski definition) is 1. The molecule has 1 aliphatic rings. The first-order valence-corrected chi connectivity index (χ1v) is 7.69. The maximum Gasteiger partial charge on any atom is 0.222 e. The van der Waals surface area contributed by atoms with Crippen molar-refractivity contribution in [3.63, 3.8) is 0 Å². The fraction of sp³-hybridized carbons (Fsp3) is 0.222. The molecule has 1 aromatic heterocycles. The molecule has 3 aromatic rings. The Morgan fingerprint density at radius 2 is 1.96 bits per heavy atom. The van der Waals surface area contributed by atoms with Crippen molar-refractivity contribution in [3.05, 3.63) is 77.4 Å². The summed E-state index contributed by atoms with van der Waals surface area (Å²) in [5, 5.41) is 7.73. The number of rotatable bonds is 2. The normalized spacial score (nSPS) is 19.9. The summed E-state index contributed by atoms with van der Waals surface area (Å²) >= 11 is 0. The number of fused-ring (bicyclic) bond motifs is 1. The number of aromatic nitrogens is 3. The number of nitrogens with zero attached hydrogens (tertiary/aromatic N) is 3. The van der Waals surface area contributed by atoms with Crippen molar-refractivity contribution >= 4 is 5.95 Å². The summed E-state index contributed by atoms with van der Waals surface area (Å²) in [5.74, 6) is 0.491. The molecule has 0 fully saturated rings. The van der Waals surface area contributed by atoms with Gasteiger partial charge >= 0.3 is 0 Å². The molecular weight excluding hydrogens is 291 g/mol. The Bertz CT molecular complexity index is 825. The number of benzene rings is 2. The maximum atomic E-state index is 13.6. The lowest BCUT2D eigenvalue weighted by molar-refractivity contribution is 0.429. The molecule has 116 valence electrons. The average molecular weight is 308 g/mol. The Labute approximate surface area is 134 Å². The maximum absolute atomic E-state index is 13.6. The monoisotopic (exact) mass is 308 g/mol. The molecule has 4 nitrogen and oxygen atoms in total. The quantitative estimate of drug-likeness (QED) is 0.781. The van der Waals surface area contributed by atoms with Gasteiger partial charge in [0.25, 0.3) is 0 Å². The van der Waals surface area contributed by atoms with Gasteiger partial charge in [-0.2, -0.15) is 10.1 Å². The zero-order valence-electron chi connectivity index (χ0n) is 12.8. The third-order valence-electron chi connectivity index (χ3n) is 4.34. The van der Waals surface area contributed by atoms with Crippen LogP contribution in [0.2, 0.25) is 0 Å². The molecule has 0 spiro atoms. The van der Waals surface area contributed by atoms with Crippen LogP contribution in [0.1, 0.15) is 35.2 Å². The molecule has 0 bridgehead atoms. The van der Waals surface area contributed by atoms with Crippen molar-refractivity contribution in [2.75, 3.05) is 5.32 Å². The van der Waals surface area contributed by atoms with Gasteiger partial charge in [0.05, 0.1) is 12.1 Å². The number of aryl methyl sites for hydroxylation is 1. The molecule has 4 rings (SSSR count). The van der Waals surface area contributed by atoms with Crippen LogP contribution < -0.4 is 5.32 Å². The van der Waals surface area contributed by atoms with Crippen LogP contribution in [0.4, 0.5) is 10.3 Å². The van der Waals surface area contributed by atoms with E-state index in [4.69, 9.17) is 0 Å². The highest BCUT2D eigenvalue weighted by Gasteiger charge is 2.29. The van der Waals surface area contributed by atoms with E-state index in [9.17, 15) is 4.39 Å². The Morgan fingerprint density at radius 3 is 2.74 bits per heavy atom. The highest BCUT2D eigenvalue weighted by Crippen LogP contribution is 2.37. The van der Waals surface area contributed by atoms with Crippen molar-refractivity contribution < 1.29 is 4.39 Å². The molecule has 0 saturated heterocycles. The summed E-state index contributed by atoms with van der Waals surface area (Å²) in [6.45, 7) is 2.07. The van der Waals surface area contributed by atoms with Crippen LogP contribution in [-0.4, -0.2) is 14.8 Å². The minimum atomic E-state index is -0.227. The van der Waals surface area contributed by atoms with Crippen molar-refractivity contribution in [2.45, 2.75) is 25.4 Å². The topological polar surface area (TPSA) is 42.7 Å². The van der Waals surface area contributed by atoms with Gasteiger partial charge in [-0.25, -0.2) is 9.07 Å². The third kappa shape index (κ3) is 2.59. The summed E-state index contributed by atoms with van der Waals surface area (Å²) in [5.41, 5.74) is 3.34. The van der Waals surface area contributed by atoms with Crippen LogP contribution in [0.15, 0.2) is 54.9 Å². The van der Waals surface area contributed by atoms with Crippen LogP contribution in [-0.2, 0) is 0 Å². The summed E-state index contributed by atoms with van der Waals surface area (Å²) in [6.07, 6.45) is 2.33. The van der Waals surface area contributed by atoms with Gasteiger partial charge in [-0.05, 0) is 36.6 Å². The Hall–Kier alpha value is -2.69. The van der Waals surface area contributed by atoms with E-state index in [1.165, 1.54) is 23.5 Å². The SMILES string of the molecule is Cc1ccc([C@H]2C[C@H](c3cccc(F)c3)n3ncnc3N2)cc1. The molecular formula is C18H17FN4. The molecule has 0 radical (unpaired) electrons.